The van der Waals surface area contributed by atoms with Crippen LogP contribution in [0.15, 0.2) is 29.2 Å². The molecule has 0 radical (unpaired) electrons. The second-order valence-corrected chi connectivity index (χ2v) is 4.87. The molecule has 0 saturated carbocycles. The maximum atomic E-state index is 13.3. The van der Waals surface area contributed by atoms with Gasteiger partial charge in [-0.1, -0.05) is 12.1 Å². The molecule has 0 aliphatic carbocycles. The predicted octanol–water partition coefficient (Wildman–Crippen LogP) is 2.93. The largest absolute Gasteiger partial charge is 0.383 e. The summed E-state index contributed by atoms with van der Waals surface area (Å²) in [6.45, 7) is 2.65. The smallest absolute Gasteiger partial charge is 0.136 e. The summed E-state index contributed by atoms with van der Waals surface area (Å²) in [5.74, 6) is 0.850. The molecule has 0 aromatic heterocycles. The molecule has 1 aromatic rings. The van der Waals surface area contributed by atoms with Crippen LogP contribution in [-0.4, -0.2) is 32.6 Å². The molecule has 4 heteroatoms. The fraction of sp³-hybridized carbons (Fsp3) is 0.538. The normalized spacial score (nSPS) is 10.7. The summed E-state index contributed by atoms with van der Waals surface area (Å²) in [7, 11) is 1.70. The lowest BCUT2D eigenvalue weighted by molar-refractivity contribution is 0.199. The van der Waals surface area contributed by atoms with Gasteiger partial charge in [0, 0.05) is 18.6 Å². The molecule has 2 nitrogen and oxygen atoms in total. The van der Waals surface area contributed by atoms with Crippen LogP contribution in [0.2, 0.25) is 0 Å². The summed E-state index contributed by atoms with van der Waals surface area (Å²) in [6, 6.07) is 6.93. The zero-order valence-electron chi connectivity index (χ0n) is 10.2. The van der Waals surface area contributed by atoms with E-state index in [2.05, 4.69) is 5.32 Å². The number of halogens is 1. The van der Waals surface area contributed by atoms with Crippen molar-refractivity contribution in [2.75, 3.05) is 32.6 Å². The molecule has 1 N–H and O–H groups in total. The van der Waals surface area contributed by atoms with Gasteiger partial charge in [-0.15, -0.1) is 11.8 Å². The molecular weight excluding hydrogens is 237 g/mol. The van der Waals surface area contributed by atoms with E-state index in [-0.39, 0.29) is 5.82 Å². The Morgan fingerprint density at radius 1 is 1.24 bits per heavy atom. The van der Waals surface area contributed by atoms with Crippen molar-refractivity contribution in [1.29, 1.82) is 0 Å². The van der Waals surface area contributed by atoms with Crippen molar-refractivity contribution in [3.05, 3.63) is 30.1 Å². The van der Waals surface area contributed by atoms with E-state index in [0.717, 1.165) is 43.2 Å². The Bertz CT molecular complexity index is 309. The van der Waals surface area contributed by atoms with Gasteiger partial charge in [0.1, 0.15) is 5.82 Å². The summed E-state index contributed by atoms with van der Waals surface area (Å²) in [5.41, 5.74) is 0. The fourth-order valence-corrected chi connectivity index (χ4v) is 2.34. The molecule has 0 aliphatic heterocycles. The van der Waals surface area contributed by atoms with E-state index >= 15 is 0 Å². The Morgan fingerprint density at radius 2 is 2.06 bits per heavy atom. The average molecular weight is 257 g/mol. The van der Waals surface area contributed by atoms with Crippen LogP contribution < -0.4 is 5.32 Å². The van der Waals surface area contributed by atoms with Crippen molar-refractivity contribution in [1.82, 2.24) is 5.32 Å². The van der Waals surface area contributed by atoms with E-state index in [1.54, 1.807) is 24.9 Å². The highest BCUT2D eigenvalue weighted by Gasteiger charge is 2.00. The number of hydrogen-bond donors (Lipinski definition) is 1. The first-order valence-corrected chi connectivity index (χ1v) is 6.90. The number of thioether (sulfide) groups is 1. The highest BCUT2D eigenvalue weighted by Crippen LogP contribution is 2.21. The lowest BCUT2D eigenvalue weighted by atomic mass is 10.3. The van der Waals surface area contributed by atoms with E-state index in [9.17, 15) is 4.39 Å². The van der Waals surface area contributed by atoms with Gasteiger partial charge in [-0.3, -0.25) is 0 Å². The molecule has 0 spiro atoms. The quantitative estimate of drug-likeness (QED) is 0.543. The van der Waals surface area contributed by atoms with Gasteiger partial charge in [0.15, 0.2) is 0 Å². The second-order valence-electron chi connectivity index (χ2n) is 3.73. The van der Waals surface area contributed by atoms with Gasteiger partial charge >= 0.3 is 0 Å². The van der Waals surface area contributed by atoms with E-state index in [4.69, 9.17) is 4.74 Å². The maximum absolute atomic E-state index is 13.3. The summed E-state index contributed by atoms with van der Waals surface area (Å²) >= 11 is 1.59. The Balaban J connectivity index is 1.99. The predicted molar refractivity (Wildman–Crippen MR) is 71.1 cm³/mol. The number of nitrogens with one attached hydrogen (secondary N) is 1. The lowest BCUT2D eigenvalue weighted by Gasteiger charge is -2.04. The van der Waals surface area contributed by atoms with Crippen LogP contribution in [0.1, 0.15) is 12.8 Å². The van der Waals surface area contributed by atoms with Crippen LogP contribution in [0.4, 0.5) is 4.39 Å². The maximum Gasteiger partial charge on any atom is 0.136 e. The zero-order valence-corrected chi connectivity index (χ0v) is 11.1. The van der Waals surface area contributed by atoms with Crippen LogP contribution in [0.25, 0.3) is 0 Å². The first-order valence-electron chi connectivity index (χ1n) is 5.91. The molecule has 0 bridgehead atoms. The fourth-order valence-electron chi connectivity index (χ4n) is 1.40. The van der Waals surface area contributed by atoms with Crippen LogP contribution in [0.3, 0.4) is 0 Å². The number of ether oxygens (including phenoxy) is 1. The molecule has 0 aliphatic rings. The van der Waals surface area contributed by atoms with Gasteiger partial charge in [-0.25, -0.2) is 4.39 Å². The topological polar surface area (TPSA) is 21.3 Å². The zero-order chi connectivity index (χ0) is 12.3. The van der Waals surface area contributed by atoms with Crippen molar-refractivity contribution in [2.45, 2.75) is 17.7 Å². The number of methoxy groups -OCH3 is 1. The molecule has 0 atom stereocenters. The molecule has 0 amide bonds. The van der Waals surface area contributed by atoms with Crippen molar-refractivity contribution < 1.29 is 9.13 Å². The van der Waals surface area contributed by atoms with Crippen molar-refractivity contribution >= 4 is 11.8 Å². The van der Waals surface area contributed by atoms with Crippen LogP contribution in [-0.2, 0) is 4.74 Å². The summed E-state index contributed by atoms with van der Waals surface area (Å²) in [4.78, 5) is 0.750. The lowest BCUT2D eigenvalue weighted by Crippen LogP contribution is -2.20. The number of benzene rings is 1. The Hall–Kier alpha value is -0.580. The molecule has 0 saturated heterocycles. The van der Waals surface area contributed by atoms with Gasteiger partial charge in [-0.2, -0.15) is 0 Å². The molecule has 0 fully saturated rings. The Morgan fingerprint density at radius 3 is 2.82 bits per heavy atom. The average Bonchev–Trinajstić information content (AvgIpc) is 2.35. The summed E-state index contributed by atoms with van der Waals surface area (Å²) in [5, 5.41) is 3.29. The molecular formula is C13H20FNOS. The van der Waals surface area contributed by atoms with Gasteiger partial charge in [-0.05, 0) is 37.3 Å². The van der Waals surface area contributed by atoms with E-state index in [1.165, 1.54) is 6.07 Å². The van der Waals surface area contributed by atoms with Crippen molar-refractivity contribution in [2.24, 2.45) is 0 Å². The Kier molecular flexibility index (Phi) is 8.05. The SMILES string of the molecule is COCCNCCCCSc1ccccc1F. The minimum absolute atomic E-state index is 0.115. The standard InChI is InChI=1S/C13H20FNOS/c1-16-10-9-15-8-4-5-11-17-13-7-3-2-6-12(13)14/h2-3,6-7,15H,4-5,8-11H2,1H3. The molecule has 0 heterocycles. The molecule has 96 valence electrons. The van der Waals surface area contributed by atoms with E-state index in [1.807, 2.05) is 12.1 Å². The van der Waals surface area contributed by atoms with Crippen molar-refractivity contribution in [3.63, 3.8) is 0 Å². The van der Waals surface area contributed by atoms with Gasteiger partial charge in [0.2, 0.25) is 0 Å². The summed E-state index contributed by atoms with van der Waals surface area (Å²) in [6.07, 6.45) is 2.21. The minimum atomic E-state index is -0.115. The number of hydrogen-bond acceptors (Lipinski definition) is 3. The monoisotopic (exact) mass is 257 g/mol. The summed E-state index contributed by atoms with van der Waals surface area (Å²) < 4.78 is 18.2. The van der Waals surface area contributed by atoms with E-state index < -0.39 is 0 Å². The van der Waals surface area contributed by atoms with Gasteiger partial charge < -0.3 is 10.1 Å². The molecule has 1 aromatic carbocycles. The third-order valence-corrected chi connectivity index (χ3v) is 3.46. The van der Waals surface area contributed by atoms with Gasteiger partial charge in [0.25, 0.3) is 0 Å². The molecule has 0 unspecified atom stereocenters. The molecule has 17 heavy (non-hydrogen) atoms. The third-order valence-electron chi connectivity index (χ3n) is 2.33. The van der Waals surface area contributed by atoms with Crippen molar-refractivity contribution in [3.8, 4) is 0 Å². The minimum Gasteiger partial charge on any atom is -0.383 e. The Labute approximate surface area is 107 Å². The van der Waals surface area contributed by atoms with Gasteiger partial charge in [0.05, 0.1) is 6.61 Å². The highest BCUT2D eigenvalue weighted by atomic mass is 32.2. The van der Waals surface area contributed by atoms with E-state index in [0.29, 0.717) is 0 Å². The van der Waals surface area contributed by atoms with Crippen LogP contribution >= 0.6 is 11.8 Å². The molecule has 1 rings (SSSR count). The first kappa shape index (κ1) is 14.5. The van der Waals surface area contributed by atoms with Crippen LogP contribution in [0, 0.1) is 5.82 Å². The highest BCUT2D eigenvalue weighted by molar-refractivity contribution is 7.99. The number of unbranched alkanes of at least 4 members (excludes halogenated alkanes) is 1. The van der Waals surface area contributed by atoms with Crippen LogP contribution in [0.5, 0.6) is 0 Å². The third kappa shape index (κ3) is 6.66. The second kappa shape index (κ2) is 9.45. The number of rotatable bonds is 9. The first-order chi connectivity index (χ1) is 8.34.